The molecule has 9 heteroatoms. The highest BCUT2D eigenvalue weighted by Crippen LogP contribution is 1.93. The summed E-state index contributed by atoms with van der Waals surface area (Å²) in [6, 6.07) is -3.34. The molecule has 0 aliphatic carbocycles. The van der Waals surface area contributed by atoms with Crippen LogP contribution in [0, 0.1) is 0 Å². The molecule has 0 aromatic heterocycles. The van der Waals surface area contributed by atoms with Crippen LogP contribution in [-0.2, 0) is 14.4 Å². The van der Waals surface area contributed by atoms with E-state index in [0.717, 1.165) is 6.42 Å². The monoisotopic (exact) mass is 289 g/mol. The third-order valence-electron chi connectivity index (χ3n) is 2.27. The molecule has 0 spiro atoms. The zero-order valence-corrected chi connectivity index (χ0v) is 11.3. The number of carboxylic acid groups (broad SMARTS) is 2. The molecule has 9 nitrogen and oxygen atoms in total. The minimum atomic E-state index is -1.56. The van der Waals surface area contributed by atoms with E-state index in [1.165, 1.54) is 6.92 Å². The molecule has 0 saturated carbocycles. The van der Waals surface area contributed by atoms with E-state index in [4.69, 9.17) is 10.2 Å². The molecular formula is C11H19N3O6. The van der Waals surface area contributed by atoms with Gasteiger partial charge in [0, 0.05) is 6.54 Å². The zero-order chi connectivity index (χ0) is 15.7. The number of urea groups is 1. The lowest BCUT2D eigenvalue weighted by molar-refractivity contribution is -0.145. The zero-order valence-electron chi connectivity index (χ0n) is 11.3. The lowest BCUT2D eigenvalue weighted by Crippen LogP contribution is -2.52. The van der Waals surface area contributed by atoms with Crippen molar-refractivity contribution in [2.24, 2.45) is 0 Å². The number of aliphatic carboxylic acids is 2. The molecule has 0 saturated heterocycles. The third kappa shape index (κ3) is 7.19. The quantitative estimate of drug-likeness (QED) is 0.392. The molecule has 0 rings (SSSR count). The Morgan fingerprint density at radius 2 is 1.70 bits per heavy atom. The van der Waals surface area contributed by atoms with Crippen molar-refractivity contribution >= 4 is 23.9 Å². The molecule has 0 aromatic rings. The van der Waals surface area contributed by atoms with Gasteiger partial charge in [0.1, 0.15) is 12.1 Å². The number of hydrogen-bond donors (Lipinski definition) is 5. The first-order chi connectivity index (χ1) is 9.27. The molecule has 2 atom stereocenters. The summed E-state index contributed by atoms with van der Waals surface area (Å²) in [5.74, 6) is -3.23. The standard InChI is InChI=1S/C11H19N3O6/c1-3-4-12-9(17)6(2)13-11(20)14-7(10(18)19)5-8(15)16/h6-7H,3-5H2,1-2H3,(H,12,17)(H,15,16)(H,18,19)(H2,13,14,20). The lowest BCUT2D eigenvalue weighted by atomic mass is 10.2. The highest BCUT2D eigenvalue weighted by atomic mass is 16.4. The van der Waals surface area contributed by atoms with Crippen LogP contribution in [0.25, 0.3) is 0 Å². The van der Waals surface area contributed by atoms with E-state index >= 15 is 0 Å². The Kier molecular flexibility index (Phi) is 7.71. The van der Waals surface area contributed by atoms with Crippen molar-refractivity contribution in [1.82, 2.24) is 16.0 Å². The van der Waals surface area contributed by atoms with Crippen LogP contribution in [0.15, 0.2) is 0 Å². The van der Waals surface area contributed by atoms with Crippen LogP contribution >= 0.6 is 0 Å². The number of nitrogens with one attached hydrogen (secondary N) is 3. The molecule has 0 heterocycles. The van der Waals surface area contributed by atoms with Crippen molar-refractivity contribution in [2.45, 2.75) is 38.8 Å². The number of amides is 3. The van der Waals surface area contributed by atoms with Crippen LogP contribution in [0.3, 0.4) is 0 Å². The Labute approximate surface area is 115 Å². The second kappa shape index (κ2) is 8.73. The Balaban J connectivity index is 4.34. The maximum atomic E-state index is 11.5. The summed E-state index contributed by atoms with van der Waals surface area (Å²) >= 11 is 0. The summed E-state index contributed by atoms with van der Waals surface area (Å²) in [4.78, 5) is 44.1. The summed E-state index contributed by atoms with van der Waals surface area (Å²) < 4.78 is 0. The molecule has 2 unspecified atom stereocenters. The van der Waals surface area contributed by atoms with Crippen LogP contribution in [-0.4, -0.2) is 52.7 Å². The van der Waals surface area contributed by atoms with Crippen molar-refractivity contribution in [3.05, 3.63) is 0 Å². The molecule has 0 bridgehead atoms. The summed E-state index contributed by atoms with van der Waals surface area (Å²) in [6.45, 7) is 3.76. The van der Waals surface area contributed by atoms with Crippen LogP contribution in [0.2, 0.25) is 0 Å². The van der Waals surface area contributed by atoms with E-state index in [1.54, 1.807) is 0 Å². The molecule has 0 aliphatic rings. The van der Waals surface area contributed by atoms with Gasteiger partial charge in [-0.3, -0.25) is 9.59 Å². The van der Waals surface area contributed by atoms with E-state index < -0.39 is 42.4 Å². The SMILES string of the molecule is CCCNC(=O)C(C)NC(=O)NC(CC(=O)O)C(=O)O. The first-order valence-electron chi connectivity index (χ1n) is 6.07. The van der Waals surface area contributed by atoms with Gasteiger partial charge in [0.05, 0.1) is 6.42 Å². The second-order valence-corrected chi connectivity index (χ2v) is 4.12. The van der Waals surface area contributed by atoms with E-state index in [0.29, 0.717) is 6.54 Å². The smallest absolute Gasteiger partial charge is 0.326 e. The van der Waals surface area contributed by atoms with Crippen molar-refractivity contribution in [1.29, 1.82) is 0 Å². The van der Waals surface area contributed by atoms with Crippen LogP contribution in [0.5, 0.6) is 0 Å². The van der Waals surface area contributed by atoms with E-state index in [9.17, 15) is 19.2 Å². The van der Waals surface area contributed by atoms with E-state index in [1.807, 2.05) is 12.2 Å². The molecule has 0 aromatic carbocycles. The largest absolute Gasteiger partial charge is 0.481 e. The van der Waals surface area contributed by atoms with Gasteiger partial charge in [-0.15, -0.1) is 0 Å². The van der Waals surface area contributed by atoms with E-state index in [2.05, 4.69) is 10.6 Å². The van der Waals surface area contributed by atoms with Gasteiger partial charge >= 0.3 is 18.0 Å². The van der Waals surface area contributed by atoms with Gasteiger partial charge in [-0.05, 0) is 13.3 Å². The van der Waals surface area contributed by atoms with Crippen LogP contribution in [0.4, 0.5) is 4.79 Å². The maximum Gasteiger partial charge on any atom is 0.326 e. The van der Waals surface area contributed by atoms with Gasteiger partial charge in [0.15, 0.2) is 0 Å². The topological polar surface area (TPSA) is 145 Å². The van der Waals surface area contributed by atoms with Crippen molar-refractivity contribution in [2.75, 3.05) is 6.54 Å². The Hall–Kier alpha value is -2.32. The van der Waals surface area contributed by atoms with Gasteiger partial charge < -0.3 is 26.2 Å². The Bertz CT molecular complexity index is 384. The molecule has 0 fully saturated rings. The van der Waals surface area contributed by atoms with Gasteiger partial charge in [0.25, 0.3) is 0 Å². The fourth-order valence-electron chi connectivity index (χ4n) is 1.24. The molecule has 3 amide bonds. The van der Waals surface area contributed by atoms with Gasteiger partial charge in [-0.1, -0.05) is 6.92 Å². The van der Waals surface area contributed by atoms with Gasteiger partial charge in [0.2, 0.25) is 5.91 Å². The predicted molar refractivity (Wildman–Crippen MR) is 68.1 cm³/mol. The second-order valence-electron chi connectivity index (χ2n) is 4.12. The summed E-state index contributed by atoms with van der Waals surface area (Å²) in [5.41, 5.74) is 0. The average molecular weight is 289 g/mol. The molecule has 5 N–H and O–H groups in total. The Morgan fingerprint density at radius 3 is 2.15 bits per heavy atom. The predicted octanol–water partition coefficient (Wildman–Crippen LogP) is -0.872. The first kappa shape index (κ1) is 17.7. The third-order valence-corrected chi connectivity index (χ3v) is 2.27. The first-order valence-corrected chi connectivity index (χ1v) is 6.07. The number of carbonyl (C=O) groups is 4. The minimum Gasteiger partial charge on any atom is -0.481 e. The summed E-state index contributed by atoms with van der Waals surface area (Å²) in [7, 11) is 0. The maximum absolute atomic E-state index is 11.5. The molecule has 0 radical (unpaired) electrons. The fraction of sp³-hybridized carbons (Fsp3) is 0.636. The molecule has 20 heavy (non-hydrogen) atoms. The fourth-order valence-corrected chi connectivity index (χ4v) is 1.24. The highest BCUT2D eigenvalue weighted by molar-refractivity contribution is 5.89. The average Bonchev–Trinajstić information content (AvgIpc) is 2.34. The highest BCUT2D eigenvalue weighted by Gasteiger charge is 2.24. The Morgan fingerprint density at radius 1 is 1.10 bits per heavy atom. The van der Waals surface area contributed by atoms with Gasteiger partial charge in [-0.25, -0.2) is 9.59 Å². The van der Waals surface area contributed by atoms with Crippen molar-refractivity contribution < 1.29 is 29.4 Å². The normalized spacial score (nSPS) is 12.9. The summed E-state index contributed by atoms with van der Waals surface area (Å²) in [6.07, 6.45) is -0.0104. The van der Waals surface area contributed by atoms with Crippen LogP contribution in [0.1, 0.15) is 26.7 Å². The minimum absolute atomic E-state index is 0.410. The molecule has 0 aliphatic heterocycles. The molecular weight excluding hydrogens is 270 g/mol. The molecule has 114 valence electrons. The van der Waals surface area contributed by atoms with E-state index in [-0.39, 0.29) is 0 Å². The van der Waals surface area contributed by atoms with Crippen molar-refractivity contribution in [3.8, 4) is 0 Å². The van der Waals surface area contributed by atoms with Gasteiger partial charge in [-0.2, -0.15) is 0 Å². The number of carbonyl (C=O) groups excluding carboxylic acids is 2. The number of rotatable bonds is 8. The lowest BCUT2D eigenvalue weighted by Gasteiger charge is -2.17. The number of carboxylic acids is 2. The number of hydrogen-bond acceptors (Lipinski definition) is 4. The van der Waals surface area contributed by atoms with Crippen molar-refractivity contribution in [3.63, 3.8) is 0 Å². The van der Waals surface area contributed by atoms with Crippen LogP contribution < -0.4 is 16.0 Å². The summed E-state index contributed by atoms with van der Waals surface area (Å²) in [5, 5.41) is 24.0.